The molecule has 94 valence electrons. The molecule has 1 saturated carbocycles. The molecular weight excluding hydrogens is 278 g/mol. The van der Waals surface area contributed by atoms with E-state index < -0.39 is 0 Å². The van der Waals surface area contributed by atoms with E-state index in [4.69, 9.17) is 4.74 Å². The second-order valence-corrected chi connectivity index (χ2v) is 5.75. The lowest BCUT2D eigenvalue weighted by atomic mass is 10.0. The lowest BCUT2D eigenvalue weighted by molar-refractivity contribution is -0.0493. The Labute approximate surface area is 112 Å². The first-order chi connectivity index (χ1) is 8.24. The lowest BCUT2D eigenvalue weighted by Gasteiger charge is -2.29. The molecular formula is C14H20BrNO. The molecule has 0 amide bonds. The molecule has 0 saturated heterocycles. The number of rotatable bonds is 5. The summed E-state index contributed by atoms with van der Waals surface area (Å²) >= 11 is 3.49. The Kier molecular flexibility index (Phi) is 4.60. The van der Waals surface area contributed by atoms with E-state index >= 15 is 0 Å². The van der Waals surface area contributed by atoms with E-state index in [9.17, 15) is 0 Å². The van der Waals surface area contributed by atoms with E-state index in [1.807, 2.05) is 13.1 Å². The van der Waals surface area contributed by atoms with Crippen LogP contribution in [0, 0.1) is 0 Å². The van der Waals surface area contributed by atoms with Crippen LogP contribution in [0.15, 0.2) is 28.7 Å². The van der Waals surface area contributed by atoms with Gasteiger partial charge in [-0.2, -0.15) is 0 Å². The molecule has 0 spiro atoms. The first-order valence-electron chi connectivity index (χ1n) is 6.27. The molecule has 0 aromatic heterocycles. The summed E-state index contributed by atoms with van der Waals surface area (Å²) in [6, 6.07) is 8.35. The number of likely N-dealkylation sites (N-methyl/N-ethyl adjacent to an activating group) is 1. The van der Waals surface area contributed by atoms with E-state index in [1.165, 1.54) is 31.2 Å². The van der Waals surface area contributed by atoms with Crippen molar-refractivity contribution in [1.29, 1.82) is 0 Å². The summed E-state index contributed by atoms with van der Waals surface area (Å²) in [5.41, 5.74) is 1.30. The van der Waals surface area contributed by atoms with Gasteiger partial charge >= 0.3 is 0 Å². The first kappa shape index (κ1) is 13.1. The average molecular weight is 298 g/mol. The fraction of sp³-hybridized carbons (Fsp3) is 0.571. The topological polar surface area (TPSA) is 21.3 Å². The minimum absolute atomic E-state index is 0.0665. The van der Waals surface area contributed by atoms with Crippen LogP contribution in [0.4, 0.5) is 0 Å². The van der Waals surface area contributed by atoms with Crippen molar-refractivity contribution in [2.75, 3.05) is 13.6 Å². The summed E-state index contributed by atoms with van der Waals surface area (Å²) in [5.74, 6) is 0. The van der Waals surface area contributed by atoms with Gasteiger partial charge in [-0.1, -0.05) is 40.9 Å². The smallest absolute Gasteiger partial charge is 0.0810 e. The summed E-state index contributed by atoms with van der Waals surface area (Å²) in [5, 5.41) is 3.26. The van der Waals surface area contributed by atoms with Gasteiger partial charge in [0.1, 0.15) is 0 Å². The van der Waals surface area contributed by atoms with Crippen LogP contribution in [0.25, 0.3) is 0 Å². The van der Waals surface area contributed by atoms with Crippen molar-refractivity contribution < 1.29 is 4.74 Å². The summed E-state index contributed by atoms with van der Waals surface area (Å²) in [6.07, 6.45) is 4.95. The van der Waals surface area contributed by atoms with E-state index in [2.05, 4.69) is 39.4 Å². The van der Waals surface area contributed by atoms with E-state index in [1.54, 1.807) is 0 Å². The van der Waals surface area contributed by atoms with Crippen LogP contribution in [0.3, 0.4) is 0 Å². The minimum Gasteiger partial charge on any atom is -0.369 e. The summed E-state index contributed by atoms with van der Waals surface area (Å²) in [7, 11) is 2.00. The number of hydrogen-bond acceptors (Lipinski definition) is 2. The van der Waals surface area contributed by atoms with Gasteiger partial charge in [0.15, 0.2) is 0 Å². The van der Waals surface area contributed by atoms with Crippen molar-refractivity contribution >= 4 is 15.9 Å². The highest BCUT2D eigenvalue weighted by Crippen LogP contribution is 2.33. The van der Waals surface area contributed by atoms with Crippen molar-refractivity contribution in [2.24, 2.45) is 0 Å². The van der Waals surface area contributed by atoms with Gasteiger partial charge in [-0.25, -0.2) is 0 Å². The molecule has 1 aromatic carbocycles. The van der Waals surface area contributed by atoms with Crippen LogP contribution >= 0.6 is 15.9 Å². The second-order valence-electron chi connectivity index (χ2n) is 4.84. The minimum atomic E-state index is 0.0665. The van der Waals surface area contributed by atoms with Crippen LogP contribution in [-0.4, -0.2) is 19.2 Å². The van der Waals surface area contributed by atoms with Crippen molar-refractivity contribution in [3.05, 3.63) is 34.3 Å². The molecule has 0 unspecified atom stereocenters. The molecule has 3 heteroatoms. The third-order valence-electron chi connectivity index (χ3n) is 3.45. The molecule has 2 nitrogen and oxygen atoms in total. The summed E-state index contributed by atoms with van der Waals surface area (Å²) < 4.78 is 7.31. The molecule has 0 bridgehead atoms. The van der Waals surface area contributed by atoms with Gasteiger partial charge in [-0.15, -0.1) is 0 Å². The number of ether oxygens (including phenoxy) is 1. The van der Waals surface area contributed by atoms with Crippen LogP contribution < -0.4 is 5.32 Å². The molecule has 2 rings (SSSR count). The molecule has 0 heterocycles. The predicted octanol–water partition coefficient (Wildman–Crippen LogP) is 3.50. The van der Waals surface area contributed by atoms with Crippen LogP contribution in [0.5, 0.6) is 0 Å². The maximum Gasteiger partial charge on any atom is 0.0810 e. The van der Waals surface area contributed by atoms with E-state index in [-0.39, 0.29) is 5.60 Å². The fourth-order valence-electron chi connectivity index (χ4n) is 2.58. The average Bonchev–Trinajstić information content (AvgIpc) is 2.76. The highest BCUT2D eigenvalue weighted by atomic mass is 79.9. The third-order valence-corrected chi connectivity index (χ3v) is 3.94. The Morgan fingerprint density at radius 3 is 2.76 bits per heavy atom. The molecule has 1 fully saturated rings. The monoisotopic (exact) mass is 297 g/mol. The Bertz CT molecular complexity index is 361. The summed E-state index contributed by atoms with van der Waals surface area (Å²) in [4.78, 5) is 0. The highest BCUT2D eigenvalue weighted by Gasteiger charge is 2.33. The second kappa shape index (κ2) is 5.98. The van der Waals surface area contributed by atoms with Gasteiger partial charge in [0.2, 0.25) is 0 Å². The van der Waals surface area contributed by atoms with Crippen molar-refractivity contribution in [2.45, 2.75) is 37.9 Å². The largest absolute Gasteiger partial charge is 0.369 e. The van der Waals surface area contributed by atoms with Crippen molar-refractivity contribution in [1.82, 2.24) is 5.32 Å². The Hall–Kier alpha value is -0.380. The Morgan fingerprint density at radius 1 is 1.35 bits per heavy atom. The first-order valence-corrected chi connectivity index (χ1v) is 7.06. The number of hydrogen-bond donors (Lipinski definition) is 1. The normalized spacial score (nSPS) is 18.5. The molecule has 0 atom stereocenters. The maximum absolute atomic E-state index is 6.19. The molecule has 1 aromatic rings. The van der Waals surface area contributed by atoms with Crippen molar-refractivity contribution in [3.8, 4) is 0 Å². The number of halogens is 1. The van der Waals surface area contributed by atoms with Gasteiger partial charge in [0.25, 0.3) is 0 Å². The van der Waals surface area contributed by atoms with Gasteiger partial charge in [-0.3, -0.25) is 0 Å². The van der Waals surface area contributed by atoms with Gasteiger partial charge in [0, 0.05) is 11.0 Å². The fourth-order valence-corrected chi connectivity index (χ4v) is 3.02. The van der Waals surface area contributed by atoms with Crippen LogP contribution in [0.1, 0.15) is 31.2 Å². The van der Waals surface area contributed by atoms with Crippen LogP contribution in [0.2, 0.25) is 0 Å². The number of benzene rings is 1. The quantitative estimate of drug-likeness (QED) is 0.898. The Balaban J connectivity index is 1.95. The molecule has 0 aliphatic heterocycles. The van der Waals surface area contributed by atoms with Gasteiger partial charge in [0.05, 0.1) is 12.2 Å². The van der Waals surface area contributed by atoms with E-state index in [0.717, 1.165) is 11.0 Å². The molecule has 17 heavy (non-hydrogen) atoms. The Morgan fingerprint density at radius 2 is 2.12 bits per heavy atom. The SMILES string of the molecule is CNCC1(OCc2cccc(Br)c2)CCCC1. The molecule has 1 N–H and O–H groups in total. The standard InChI is InChI=1S/C14H20BrNO/c1-16-11-14(7-2-3-8-14)17-10-12-5-4-6-13(15)9-12/h4-6,9,16H,2-3,7-8,10-11H2,1H3. The highest BCUT2D eigenvalue weighted by molar-refractivity contribution is 9.10. The van der Waals surface area contributed by atoms with Crippen molar-refractivity contribution in [3.63, 3.8) is 0 Å². The number of nitrogens with one attached hydrogen (secondary N) is 1. The maximum atomic E-state index is 6.19. The molecule has 0 radical (unpaired) electrons. The van der Waals surface area contributed by atoms with Crippen LogP contribution in [-0.2, 0) is 11.3 Å². The predicted molar refractivity (Wildman–Crippen MR) is 74.1 cm³/mol. The molecule has 1 aliphatic rings. The molecule has 1 aliphatic carbocycles. The van der Waals surface area contributed by atoms with Gasteiger partial charge in [-0.05, 0) is 37.6 Å². The summed E-state index contributed by atoms with van der Waals surface area (Å²) in [6.45, 7) is 1.67. The third kappa shape index (κ3) is 3.54. The zero-order chi connectivity index (χ0) is 12.1. The lowest BCUT2D eigenvalue weighted by Crippen LogP contribution is -2.39. The zero-order valence-corrected chi connectivity index (χ0v) is 11.9. The van der Waals surface area contributed by atoms with Gasteiger partial charge < -0.3 is 10.1 Å². The van der Waals surface area contributed by atoms with E-state index in [0.29, 0.717) is 6.61 Å². The zero-order valence-electron chi connectivity index (χ0n) is 10.3.